The average molecular weight is 476 g/mol. The van der Waals surface area contributed by atoms with Crippen LogP contribution in [0.3, 0.4) is 0 Å². The molecular weight excluding hydrogens is 446 g/mol. The van der Waals surface area contributed by atoms with Crippen LogP contribution in [0.5, 0.6) is 5.88 Å². The molecule has 0 fully saturated rings. The molecule has 35 heavy (non-hydrogen) atoms. The van der Waals surface area contributed by atoms with E-state index in [4.69, 9.17) is 14.0 Å². The Kier molecular flexibility index (Phi) is 6.74. The Hall–Kier alpha value is -3.93. The summed E-state index contributed by atoms with van der Waals surface area (Å²) in [6.07, 6.45) is 2.63. The van der Waals surface area contributed by atoms with Crippen LogP contribution in [0.2, 0.25) is 0 Å². The average Bonchev–Trinajstić information content (AvgIpc) is 3.18. The minimum atomic E-state index is -0.523. The molecule has 0 saturated heterocycles. The number of rotatable bonds is 4. The van der Waals surface area contributed by atoms with E-state index < -0.39 is 5.60 Å². The van der Waals surface area contributed by atoms with Gasteiger partial charge >= 0.3 is 6.09 Å². The summed E-state index contributed by atoms with van der Waals surface area (Å²) in [4.78, 5) is 23.0. The molecule has 9 nitrogen and oxygen atoms in total. The standard InChI is InChI=1S/C26H29N5O4/c1-16(2)33-23-20(14-27)13-21(15-28-23)24-29-22(30-35-24)19-7-6-17-8-10-31(11-9-18(17)12-19)25(32)34-26(3,4)5/h6-7,12-13,15-16H,8-11H2,1-5H3. The van der Waals surface area contributed by atoms with Crippen molar-refractivity contribution in [3.63, 3.8) is 0 Å². The first-order valence-corrected chi connectivity index (χ1v) is 11.6. The van der Waals surface area contributed by atoms with Crippen LogP contribution in [0, 0.1) is 11.3 Å². The van der Waals surface area contributed by atoms with Crippen LogP contribution >= 0.6 is 0 Å². The molecule has 0 saturated carbocycles. The van der Waals surface area contributed by atoms with Crippen LogP contribution in [0.25, 0.3) is 22.8 Å². The van der Waals surface area contributed by atoms with E-state index in [-0.39, 0.29) is 24.0 Å². The molecular formula is C26H29N5O4. The molecule has 3 aromatic rings. The van der Waals surface area contributed by atoms with E-state index >= 15 is 0 Å². The molecule has 182 valence electrons. The van der Waals surface area contributed by atoms with Gasteiger partial charge in [0.2, 0.25) is 11.7 Å². The molecule has 4 rings (SSSR count). The smallest absolute Gasteiger partial charge is 0.410 e. The number of fused-ring (bicyclic) bond motifs is 1. The normalized spacial score (nSPS) is 13.7. The van der Waals surface area contributed by atoms with Crippen LogP contribution in [-0.2, 0) is 17.6 Å². The van der Waals surface area contributed by atoms with Gasteiger partial charge in [-0.05, 0) is 70.7 Å². The number of amides is 1. The van der Waals surface area contributed by atoms with Gasteiger partial charge in [-0.15, -0.1) is 0 Å². The van der Waals surface area contributed by atoms with Crippen molar-refractivity contribution in [2.45, 2.75) is 59.2 Å². The predicted octanol–water partition coefficient (Wildman–Crippen LogP) is 4.79. The summed E-state index contributed by atoms with van der Waals surface area (Å²) in [7, 11) is 0. The van der Waals surface area contributed by atoms with Gasteiger partial charge in [-0.25, -0.2) is 9.78 Å². The molecule has 0 radical (unpaired) electrons. The number of aromatic nitrogens is 3. The number of hydrogen-bond acceptors (Lipinski definition) is 8. The van der Waals surface area contributed by atoms with Gasteiger partial charge in [0.25, 0.3) is 5.89 Å². The van der Waals surface area contributed by atoms with Crippen LogP contribution in [-0.4, -0.2) is 50.9 Å². The Bertz CT molecular complexity index is 1270. The number of nitriles is 1. The Balaban J connectivity index is 1.52. The van der Waals surface area contributed by atoms with Gasteiger partial charge in [-0.2, -0.15) is 10.2 Å². The van der Waals surface area contributed by atoms with Gasteiger partial charge in [0.05, 0.1) is 11.7 Å². The lowest BCUT2D eigenvalue weighted by molar-refractivity contribution is 0.0258. The first-order valence-electron chi connectivity index (χ1n) is 11.6. The summed E-state index contributed by atoms with van der Waals surface area (Å²) in [5.41, 5.74) is 3.47. The molecule has 1 amide bonds. The second-order valence-electron chi connectivity index (χ2n) is 9.73. The number of nitrogens with zero attached hydrogens (tertiary/aromatic N) is 5. The van der Waals surface area contributed by atoms with E-state index in [1.165, 1.54) is 5.56 Å². The van der Waals surface area contributed by atoms with Gasteiger partial charge in [-0.3, -0.25) is 0 Å². The number of carbonyl (C=O) groups is 1. The first kappa shape index (κ1) is 24.2. The lowest BCUT2D eigenvalue weighted by Gasteiger charge is -2.26. The highest BCUT2D eigenvalue weighted by Gasteiger charge is 2.24. The summed E-state index contributed by atoms with van der Waals surface area (Å²) < 4.78 is 16.6. The van der Waals surface area contributed by atoms with Gasteiger partial charge in [0, 0.05) is 24.8 Å². The maximum absolute atomic E-state index is 12.5. The summed E-state index contributed by atoms with van der Waals surface area (Å²) in [6.45, 7) is 10.5. The van der Waals surface area contributed by atoms with Crippen molar-refractivity contribution in [2.24, 2.45) is 0 Å². The van der Waals surface area contributed by atoms with Crippen molar-refractivity contribution in [3.8, 4) is 34.8 Å². The first-order chi connectivity index (χ1) is 16.6. The number of hydrogen-bond donors (Lipinski definition) is 0. The van der Waals surface area contributed by atoms with Gasteiger partial charge in [-0.1, -0.05) is 17.3 Å². The van der Waals surface area contributed by atoms with Crippen molar-refractivity contribution in [1.82, 2.24) is 20.0 Å². The zero-order valence-corrected chi connectivity index (χ0v) is 20.7. The van der Waals surface area contributed by atoms with Crippen molar-refractivity contribution < 1.29 is 18.8 Å². The predicted molar refractivity (Wildman–Crippen MR) is 129 cm³/mol. The fourth-order valence-corrected chi connectivity index (χ4v) is 3.80. The topological polar surface area (TPSA) is 114 Å². The van der Waals surface area contributed by atoms with E-state index in [9.17, 15) is 10.1 Å². The monoisotopic (exact) mass is 475 g/mol. The van der Waals surface area contributed by atoms with E-state index in [0.717, 1.165) is 17.5 Å². The van der Waals surface area contributed by atoms with Crippen LogP contribution in [0.1, 0.15) is 51.3 Å². The highest BCUT2D eigenvalue weighted by atomic mass is 16.6. The molecule has 1 aromatic carbocycles. The number of ether oxygens (including phenoxy) is 2. The summed E-state index contributed by atoms with van der Waals surface area (Å²) in [5.74, 6) is 0.986. The van der Waals surface area contributed by atoms with Crippen LogP contribution in [0.15, 0.2) is 35.0 Å². The van der Waals surface area contributed by atoms with E-state index in [0.29, 0.717) is 36.5 Å². The minimum absolute atomic E-state index is 0.0973. The van der Waals surface area contributed by atoms with Crippen molar-refractivity contribution in [2.75, 3.05) is 13.1 Å². The van der Waals surface area contributed by atoms with Crippen LogP contribution < -0.4 is 4.74 Å². The highest BCUT2D eigenvalue weighted by Crippen LogP contribution is 2.28. The SMILES string of the molecule is CC(C)Oc1ncc(-c2nc(-c3ccc4c(c3)CCN(C(=O)OC(C)(C)C)CC4)no2)cc1C#N. The lowest BCUT2D eigenvalue weighted by atomic mass is 10.00. The number of pyridine rings is 1. The van der Waals surface area contributed by atoms with Gasteiger partial charge < -0.3 is 18.9 Å². The third-order valence-corrected chi connectivity index (χ3v) is 5.41. The van der Waals surface area contributed by atoms with Crippen molar-refractivity contribution in [1.29, 1.82) is 5.26 Å². The molecule has 0 aliphatic carbocycles. The quantitative estimate of drug-likeness (QED) is 0.529. The molecule has 0 bridgehead atoms. The number of benzene rings is 1. The molecule has 0 spiro atoms. The second-order valence-corrected chi connectivity index (χ2v) is 9.73. The van der Waals surface area contributed by atoms with Gasteiger partial charge in [0.1, 0.15) is 17.2 Å². The van der Waals surface area contributed by atoms with E-state index in [1.54, 1.807) is 17.2 Å². The lowest BCUT2D eigenvalue weighted by Crippen LogP contribution is -2.38. The Morgan fingerprint density at radius 3 is 2.57 bits per heavy atom. The zero-order chi connectivity index (χ0) is 25.2. The molecule has 0 unspecified atom stereocenters. The second kappa shape index (κ2) is 9.74. The molecule has 0 atom stereocenters. The van der Waals surface area contributed by atoms with E-state index in [2.05, 4.69) is 21.2 Å². The largest absolute Gasteiger partial charge is 0.474 e. The van der Waals surface area contributed by atoms with Crippen LogP contribution in [0.4, 0.5) is 4.79 Å². The molecule has 3 heterocycles. The molecule has 1 aliphatic rings. The van der Waals surface area contributed by atoms with Crippen molar-refractivity contribution in [3.05, 3.63) is 47.2 Å². The fraction of sp³-hybridized carbons (Fsp3) is 0.423. The highest BCUT2D eigenvalue weighted by molar-refractivity contribution is 5.68. The Morgan fingerprint density at radius 1 is 1.14 bits per heavy atom. The molecule has 2 aromatic heterocycles. The fourth-order valence-electron chi connectivity index (χ4n) is 3.80. The Labute approximate surface area is 204 Å². The zero-order valence-electron chi connectivity index (χ0n) is 20.7. The Morgan fingerprint density at radius 2 is 1.89 bits per heavy atom. The van der Waals surface area contributed by atoms with E-state index in [1.807, 2.05) is 52.8 Å². The molecule has 1 aliphatic heterocycles. The molecule has 9 heteroatoms. The summed E-state index contributed by atoms with van der Waals surface area (Å²) in [6, 6.07) is 9.77. The maximum atomic E-state index is 12.5. The molecule has 0 N–H and O–H groups in total. The number of carbonyl (C=O) groups excluding carboxylic acids is 1. The maximum Gasteiger partial charge on any atom is 0.410 e. The summed E-state index contributed by atoms with van der Waals surface area (Å²) in [5, 5.41) is 13.6. The van der Waals surface area contributed by atoms with Crippen molar-refractivity contribution >= 4 is 6.09 Å². The third-order valence-electron chi connectivity index (χ3n) is 5.41. The summed E-state index contributed by atoms with van der Waals surface area (Å²) >= 11 is 0. The van der Waals surface area contributed by atoms with Gasteiger partial charge in [0.15, 0.2) is 0 Å². The third kappa shape index (κ3) is 5.77. The minimum Gasteiger partial charge on any atom is -0.474 e.